The van der Waals surface area contributed by atoms with Gasteiger partial charge in [-0.25, -0.2) is 0 Å². The van der Waals surface area contributed by atoms with Gasteiger partial charge in [-0.05, 0) is 25.0 Å². The normalized spacial score (nSPS) is 9.88. The summed E-state index contributed by atoms with van der Waals surface area (Å²) in [5, 5.41) is 0. The molecule has 4 heteroatoms. The molecule has 0 spiro atoms. The molecule has 0 fully saturated rings. The lowest BCUT2D eigenvalue weighted by Gasteiger charge is -2.07. The summed E-state index contributed by atoms with van der Waals surface area (Å²) in [6.07, 6.45) is 0.943. The molecule has 0 aromatic heterocycles. The number of benzene rings is 1. The van der Waals surface area contributed by atoms with Gasteiger partial charge in [0.05, 0.1) is 13.7 Å². The smallest absolute Gasteiger partial charge is 0.306 e. The summed E-state index contributed by atoms with van der Waals surface area (Å²) in [4.78, 5) is 11.2. The molecule has 0 aliphatic carbocycles. The number of hydrogen-bond donors (Lipinski definition) is 1. The van der Waals surface area contributed by atoms with Crippen LogP contribution in [0.4, 0.5) is 5.69 Å². The van der Waals surface area contributed by atoms with Crippen molar-refractivity contribution in [1.29, 1.82) is 0 Å². The second kappa shape index (κ2) is 6.00. The maximum absolute atomic E-state index is 11.2. The number of hydrogen-bond acceptors (Lipinski definition) is 4. The van der Waals surface area contributed by atoms with E-state index in [-0.39, 0.29) is 5.97 Å². The molecule has 0 bridgehead atoms. The van der Waals surface area contributed by atoms with Crippen LogP contribution in [-0.4, -0.2) is 19.7 Å². The lowest BCUT2D eigenvalue weighted by atomic mass is 10.1. The molecule has 1 aromatic carbocycles. The molecule has 0 atom stereocenters. The zero-order chi connectivity index (χ0) is 12.0. The van der Waals surface area contributed by atoms with Gasteiger partial charge < -0.3 is 15.2 Å². The number of esters is 1. The quantitative estimate of drug-likeness (QED) is 0.610. The van der Waals surface area contributed by atoms with Crippen LogP contribution in [0.15, 0.2) is 18.2 Å². The van der Waals surface area contributed by atoms with E-state index in [1.54, 1.807) is 20.1 Å². The number of nitrogen functional groups attached to an aromatic ring is 1. The molecule has 1 rings (SSSR count). The van der Waals surface area contributed by atoms with Crippen LogP contribution in [-0.2, 0) is 16.0 Å². The Labute approximate surface area is 95.3 Å². The van der Waals surface area contributed by atoms with Crippen molar-refractivity contribution < 1.29 is 14.3 Å². The van der Waals surface area contributed by atoms with E-state index in [4.69, 9.17) is 15.2 Å². The summed E-state index contributed by atoms with van der Waals surface area (Å²) in [5.74, 6) is 0.523. The minimum absolute atomic E-state index is 0.197. The summed E-state index contributed by atoms with van der Waals surface area (Å²) >= 11 is 0. The summed E-state index contributed by atoms with van der Waals surface area (Å²) in [6, 6.07) is 5.45. The van der Waals surface area contributed by atoms with Gasteiger partial charge in [-0.3, -0.25) is 4.79 Å². The molecule has 16 heavy (non-hydrogen) atoms. The van der Waals surface area contributed by atoms with E-state index in [1.807, 2.05) is 12.1 Å². The Morgan fingerprint density at radius 1 is 1.44 bits per heavy atom. The van der Waals surface area contributed by atoms with Gasteiger partial charge in [0.25, 0.3) is 0 Å². The van der Waals surface area contributed by atoms with Crippen LogP contribution in [0.3, 0.4) is 0 Å². The van der Waals surface area contributed by atoms with E-state index >= 15 is 0 Å². The van der Waals surface area contributed by atoms with Crippen LogP contribution >= 0.6 is 0 Å². The van der Waals surface area contributed by atoms with Crippen LogP contribution < -0.4 is 10.5 Å². The molecule has 0 aliphatic heterocycles. The molecule has 0 aliphatic rings. The number of ether oxygens (including phenoxy) is 2. The fourth-order valence-corrected chi connectivity index (χ4v) is 1.40. The molecule has 0 saturated carbocycles. The van der Waals surface area contributed by atoms with Gasteiger partial charge in [-0.1, -0.05) is 6.07 Å². The van der Waals surface area contributed by atoms with Gasteiger partial charge in [0.2, 0.25) is 0 Å². The highest BCUT2D eigenvalue weighted by molar-refractivity contribution is 5.70. The molecule has 88 valence electrons. The second-order valence-electron chi connectivity index (χ2n) is 3.37. The molecule has 0 radical (unpaired) electrons. The highest BCUT2D eigenvalue weighted by Crippen LogP contribution is 2.20. The Balaban J connectivity index is 2.57. The lowest BCUT2D eigenvalue weighted by Crippen LogP contribution is -2.06. The van der Waals surface area contributed by atoms with Gasteiger partial charge in [0, 0.05) is 18.2 Å². The van der Waals surface area contributed by atoms with E-state index in [1.165, 1.54) is 0 Å². The van der Waals surface area contributed by atoms with Gasteiger partial charge in [-0.15, -0.1) is 0 Å². The fourth-order valence-electron chi connectivity index (χ4n) is 1.40. The van der Waals surface area contributed by atoms with E-state index in [9.17, 15) is 4.79 Å². The SMILES string of the molecule is CCOC(=O)CCc1ccc(OC)cc1N. The molecule has 2 N–H and O–H groups in total. The van der Waals surface area contributed by atoms with Crippen LogP contribution in [0.5, 0.6) is 5.75 Å². The van der Waals surface area contributed by atoms with Crippen LogP contribution in [0.1, 0.15) is 18.9 Å². The number of anilines is 1. The minimum atomic E-state index is -0.197. The topological polar surface area (TPSA) is 61.5 Å². The van der Waals surface area contributed by atoms with Crippen molar-refractivity contribution in [1.82, 2.24) is 0 Å². The maximum Gasteiger partial charge on any atom is 0.306 e. The first-order valence-corrected chi connectivity index (χ1v) is 5.25. The highest BCUT2D eigenvalue weighted by atomic mass is 16.5. The zero-order valence-corrected chi connectivity index (χ0v) is 9.66. The van der Waals surface area contributed by atoms with Crippen molar-refractivity contribution in [2.45, 2.75) is 19.8 Å². The Hall–Kier alpha value is -1.71. The molecule has 1 aromatic rings. The number of carbonyl (C=O) groups excluding carboxylic acids is 1. The number of aryl methyl sites for hydroxylation is 1. The first kappa shape index (κ1) is 12.4. The van der Waals surface area contributed by atoms with Crippen LogP contribution in [0.25, 0.3) is 0 Å². The molecular formula is C12H17NO3. The average Bonchev–Trinajstić information content (AvgIpc) is 2.27. The Morgan fingerprint density at radius 3 is 2.75 bits per heavy atom. The number of nitrogens with two attached hydrogens (primary N) is 1. The van der Waals surface area contributed by atoms with E-state index < -0.39 is 0 Å². The first-order chi connectivity index (χ1) is 7.67. The molecule has 4 nitrogen and oxygen atoms in total. The number of methoxy groups -OCH3 is 1. The van der Waals surface area contributed by atoms with Crippen molar-refractivity contribution in [3.05, 3.63) is 23.8 Å². The summed E-state index contributed by atoms with van der Waals surface area (Å²) in [6.45, 7) is 2.20. The maximum atomic E-state index is 11.2. The average molecular weight is 223 g/mol. The van der Waals surface area contributed by atoms with E-state index in [0.29, 0.717) is 25.1 Å². The monoisotopic (exact) mass is 223 g/mol. The van der Waals surface area contributed by atoms with Crippen molar-refractivity contribution >= 4 is 11.7 Å². The van der Waals surface area contributed by atoms with Crippen LogP contribution in [0.2, 0.25) is 0 Å². The third-order valence-corrected chi connectivity index (χ3v) is 2.26. The molecular weight excluding hydrogens is 206 g/mol. The Kier molecular flexibility index (Phi) is 4.64. The fraction of sp³-hybridized carbons (Fsp3) is 0.417. The third kappa shape index (κ3) is 3.46. The van der Waals surface area contributed by atoms with E-state index in [0.717, 1.165) is 11.3 Å². The first-order valence-electron chi connectivity index (χ1n) is 5.25. The van der Waals surface area contributed by atoms with Gasteiger partial charge in [0.1, 0.15) is 5.75 Å². The standard InChI is InChI=1S/C12H17NO3/c1-3-16-12(14)7-5-9-4-6-10(15-2)8-11(9)13/h4,6,8H,3,5,7,13H2,1-2H3. The predicted molar refractivity (Wildman–Crippen MR) is 62.4 cm³/mol. The molecule has 0 saturated heterocycles. The van der Waals surface area contributed by atoms with Gasteiger partial charge >= 0.3 is 5.97 Å². The largest absolute Gasteiger partial charge is 0.497 e. The zero-order valence-electron chi connectivity index (χ0n) is 9.66. The van der Waals surface area contributed by atoms with Crippen molar-refractivity contribution in [2.24, 2.45) is 0 Å². The summed E-state index contributed by atoms with van der Waals surface area (Å²) in [7, 11) is 1.59. The molecule has 0 heterocycles. The van der Waals surface area contributed by atoms with Crippen molar-refractivity contribution in [3.8, 4) is 5.75 Å². The summed E-state index contributed by atoms with van der Waals surface area (Å²) in [5.41, 5.74) is 7.41. The molecule has 0 amide bonds. The second-order valence-corrected chi connectivity index (χ2v) is 3.37. The van der Waals surface area contributed by atoms with Gasteiger partial charge in [0.15, 0.2) is 0 Å². The summed E-state index contributed by atoms with van der Waals surface area (Å²) < 4.78 is 9.89. The Bertz CT molecular complexity index is 363. The van der Waals surface area contributed by atoms with E-state index in [2.05, 4.69) is 0 Å². The predicted octanol–water partition coefficient (Wildman–Crippen LogP) is 1.77. The number of rotatable bonds is 5. The van der Waals surface area contributed by atoms with Crippen molar-refractivity contribution in [2.75, 3.05) is 19.5 Å². The lowest BCUT2D eigenvalue weighted by molar-refractivity contribution is -0.143. The van der Waals surface area contributed by atoms with Crippen LogP contribution in [0, 0.1) is 0 Å². The number of carbonyl (C=O) groups is 1. The van der Waals surface area contributed by atoms with Gasteiger partial charge in [-0.2, -0.15) is 0 Å². The van der Waals surface area contributed by atoms with Crippen molar-refractivity contribution in [3.63, 3.8) is 0 Å². The third-order valence-electron chi connectivity index (χ3n) is 2.26. The highest BCUT2D eigenvalue weighted by Gasteiger charge is 2.05. The Morgan fingerprint density at radius 2 is 2.19 bits per heavy atom. The molecule has 0 unspecified atom stereocenters. The minimum Gasteiger partial charge on any atom is -0.497 e.